The summed E-state index contributed by atoms with van der Waals surface area (Å²) in [4.78, 5) is 11.0. The molecular weight excluding hydrogens is 164 g/mol. The van der Waals surface area contributed by atoms with Gasteiger partial charge in [0.25, 0.3) is 0 Å². The number of likely N-dealkylation sites (N-methyl/N-ethyl adjacent to an activating group) is 1. The average Bonchev–Trinajstić information content (AvgIpc) is 2.12. The molecule has 0 aromatic heterocycles. The molecule has 13 heavy (non-hydrogen) atoms. The van der Waals surface area contributed by atoms with Crippen molar-refractivity contribution in [2.45, 2.75) is 32.7 Å². The second-order valence-electron chi connectivity index (χ2n) is 2.84. The number of rotatable bonds is 6. The summed E-state index contributed by atoms with van der Waals surface area (Å²) >= 11 is 0. The summed E-state index contributed by atoms with van der Waals surface area (Å²) in [6.45, 7) is 4.93. The Morgan fingerprint density at radius 3 is 2.69 bits per heavy atom. The molecular formula is C10H18N2O. The summed E-state index contributed by atoms with van der Waals surface area (Å²) in [6, 6.07) is 0.0209. The number of hydrogen-bond acceptors (Lipinski definition) is 2. The van der Waals surface area contributed by atoms with Crippen molar-refractivity contribution >= 4 is 5.91 Å². The molecule has 0 fully saturated rings. The maximum atomic E-state index is 11.0. The third kappa shape index (κ3) is 6.18. The second kappa shape index (κ2) is 7.63. The largest absolute Gasteiger partial charge is 0.355 e. The third-order valence-electron chi connectivity index (χ3n) is 1.66. The number of carbonyl (C=O) groups excluding carboxylic acids is 1. The van der Waals surface area contributed by atoms with Crippen LogP contribution in [0, 0.1) is 12.3 Å². The van der Waals surface area contributed by atoms with E-state index in [0.717, 1.165) is 12.8 Å². The molecule has 0 aliphatic rings. The zero-order valence-electron chi connectivity index (χ0n) is 8.39. The summed E-state index contributed by atoms with van der Waals surface area (Å²) in [6.07, 6.45) is 7.21. The number of carbonyl (C=O) groups is 1. The number of amides is 1. The van der Waals surface area contributed by atoms with Crippen LogP contribution in [-0.2, 0) is 4.79 Å². The van der Waals surface area contributed by atoms with Gasteiger partial charge in [0.2, 0.25) is 5.91 Å². The summed E-state index contributed by atoms with van der Waals surface area (Å²) in [5.74, 6) is 2.61. The van der Waals surface area contributed by atoms with Crippen LogP contribution in [-0.4, -0.2) is 25.0 Å². The normalized spacial score (nSPS) is 11.8. The van der Waals surface area contributed by atoms with Crippen LogP contribution < -0.4 is 10.6 Å². The van der Waals surface area contributed by atoms with E-state index in [1.54, 1.807) is 0 Å². The third-order valence-corrected chi connectivity index (χ3v) is 1.66. The molecule has 3 nitrogen and oxygen atoms in total. The van der Waals surface area contributed by atoms with Gasteiger partial charge in [0.05, 0.1) is 12.6 Å². The molecule has 0 aliphatic carbocycles. The summed E-state index contributed by atoms with van der Waals surface area (Å²) < 4.78 is 0. The Kier molecular flexibility index (Phi) is 7.04. The molecule has 0 heterocycles. The lowest BCUT2D eigenvalue weighted by Crippen LogP contribution is -2.38. The molecule has 1 amide bonds. The van der Waals surface area contributed by atoms with E-state index in [1.165, 1.54) is 0 Å². The Morgan fingerprint density at radius 2 is 2.23 bits per heavy atom. The first-order valence-corrected chi connectivity index (χ1v) is 4.70. The lowest BCUT2D eigenvalue weighted by molar-refractivity contribution is -0.120. The second-order valence-corrected chi connectivity index (χ2v) is 2.84. The van der Waals surface area contributed by atoms with Crippen LogP contribution in [0.15, 0.2) is 0 Å². The van der Waals surface area contributed by atoms with Gasteiger partial charge in [-0.25, -0.2) is 0 Å². The van der Waals surface area contributed by atoms with Crippen molar-refractivity contribution in [2.75, 3.05) is 13.1 Å². The molecule has 0 aliphatic heterocycles. The van der Waals surface area contributed by atoms with Crippen LogP contribution in [0.5, 0.6) is 0 Å². The fourth-order valence-electron chi connectivity index (χ4n) is 1.01. The van der Waals surface area contributed by atoms with Crippen LogP contribution in [0.4, 0.5) is 0 Å². The van der Waals surface area contributed by atoms with E-state index in [1.807, 2.05) is 6.92 Å². The fourth-order valence-corrected chi connectivity index (χ4v) is 1.01. The van der Waals surface area contributed by atoms with E-state index in [0.29, 0.717) is 13.1 Å². The molecule has 0 bridgehead atoms. The highest BCUT2D eigenvalue weighted by Crippen LogP contribution is 1.93. The number of hydrogen-bond donors (Lipinski definition) is 2. The molecule has 0 rings (SSSR count). The Balaban J connectivity index is 3.60. The van der Waals surface area contributed by atoms with Gasteiger partial charge < -0.3 is 5.32 Å². The quantitative estimate of drug-likeness (QED) is 0.588. The van der Waals surface area contributed by atoms with Crippen LogP contribution in [0.25, 0.3) is 0 Å². The minimum atomic E-state index is -0.00106. The highest BCUT2D eigenvalue weighted by Gasteiger charge is 2.04. The molecule has 0 saturated heterocycles. The van der Waals surface area contributed by atoms with Crippen LogP contribution >= 0.6 is 0 Å². The van der Waals surface area contributed by atoms with Gasteiger partial charge in [-0.15, -0.1) is 6.42 Å². The first-order chi connectivity index (χ1) is 6.24. The summed E-state index contributed by atoms with van der Waals surface area (Å²) in [5, 5.41) is 5.70. The fraction of sp³-hybridized carbons (Fsp3) is 0.700. The number of nitrogens with one attached hydrogen (secondary N) is 2. The van der Waals surface area contributed by atoms with Crippen molar-refractivity contribution in [2.24, 2.45) is 0 Å². The summed E-state index contributed by atoms with van der Waals surface area (Å²) in [5.41, 5.74) is 0. The monoisotopic (exact) mass is 182 g/mol. The zero-order chi connectivity index (χ0) is 10.1. The topological polar surface area (TPSA) is 41.1 Å². The predicted octanol–water partition coefficient (Wildman–Crippen LogP) is 0.514. The van der Waals surface area contributed by atoms with E-state index < -0.39 is 0 Å². The van der Waals surface area contributed by atoms with Gasteiger partial charge in [-0.2, -0.15) is 0 Å². The van der Waals surface area contributed by atoms with Gasteiger partial charge >= 0.3 is 0 Å². The minimum Gasteiger partial charge on any atom is -0.355 e. The van der Waals surface area contributed by atoms with Gasteiger partial charge in [-0.05, 0) is 13.3 Å². The van der Waals surface area contributed by atoms with Gasteiger partial charge in [-0.1, -0.05) is 19.3 Å². The molecule has 3 heteroatoms. The molecule has 2 N–H and O–H groups in total. The van der Waals surface area contributed by atoms with E-state index in [9.17, 15) is 4.79 Å². The standard InChI is InChI=1S/C10H18N2O/c1-4-7-9(5-2)12-8-10(13)11-6-3/h2,9,12H,4,6-8H2,1,3H3,(H,11,13). The Morgan fingerprint density at radius 1 is 1.54 bits per heavy atom. The van der Waals surface area contributed by atoms with E-state index in [2.05, 4.69) is 23.5 Å². The maximum Gasteiger partial charge on any atom is 0.233 e. The molecule has 0 spiro atoms. The molecule has 1 unspecified atom stereocenters. The highest BCUT2D eigenvalue weighted by molar-refractivity contribution is 5.77. The molecule has 0 saturated carbocycles. The van der Waals surface area contributed by atoms with E-state index in [4.69, 9.17) is 6.42 Å². The first-order valence-electron chi connectivity index (χ1n) is 4.70. The van der Waals surface area contributed by atoms with Crippen LogP contribution in [0.1, 0.15) is 26.7 Å². The summed E-state index contributed by atoms with van der Waals surface area (Å²) in [7, 11) is 0. The molecule has 1 atom stereocenters. The van der Waals surface area contributed by atoms with Crippen molar-refractivity contribution in [3.63, 3.8) is 0 Å². The van der Waals surface area contributed by atoms with Gasteiger partial charge in [0.1, 0.15) is 0 Å². The van der Waals surface area contributed by atoms with Gasteiger partial charge in [0.15, 0.2) is 0 Å². The van der Waals surface area contributed by atoms with Crippen molar-refractivity contribution in [1.82, 2.24) is 10.6 Å². The Bertz CT molecular complexity index is 184. The van der Waals surface area contributed by atoms with Gasteiger partial charge in [0, 0.05) is 6.54 Å². The van der Waals surface area contributed by atoms with Crippen molar-refractivity contribution in [1.29, 1.82) is 0 Å². The Hall–Kier alpha value is -1.01. The first kappa shape index (κ1) is 12.0. The smallest absolute Gasteiger partial charge is 0.233 e. The van der Waals surface area contributed by atoms with Crippen molar-refractivity contribution in [3.8, 4) is 12.3 Å². The average molecular weight is 182 g/mol. The lowest BCUT2D eigenvalue weighted by Gasteiger charge is -2.10. The zero-order valence-corrected chi connectivity index (χ0v) is 8.39. The number of terminal acetylenes is 1. The SMILES string of the molecule is C#CC(CCC)NCC(=O)NCC. The van der Waals surface area contributed by atoms with Gasteiger partial charge in [-0.3, -0.25) is 10.1 Å². The van der Waals surface area contributed by atoms with E-state index in [-0.39, 0.29) is 11.9 Å². The molecule has 0 aromatic rings. The van der Waals surface area contributed by atoms with Crippen molar-refractivity contribution in [3.05, 3.63) is 0 Å². The Labute approximate surface area is 80.3 Å². The van der Waals surface area contributed by atoms with Crippen molar-refractivity contribution < 1.29 is 4.79 Å². The highest BCUT2D eigenvalue weighted by atomic mass is 16.1. The lowest BCUT2D eigenvalue weighted by atomic mass is 10.2. The predicted molar refractivity (Wildman–Crippen MR) is 54.2 cm³/mol. The molecule has 0 radical (unpaired) electrons. The maximum absolute atomic E-state index is 11.0. The molecule has 0 aromatic carbocycles. The van der Waals surface area contributed by atoms with E-state index >= 15 is 0 Å². The van der Waals surface area contributed by atoms with Crippen LogP contribution in [0.2, 0.25) is 0 Å². The molecule has 74 valence electrons. The van der Waals surface area contributed by atoms with Crippen LogP contribution in [0.3, 0.4) is 0 Å². The minimum absolute atomic E-state index is 0.00106.